The summed E-state index contributed by atoms with van der Waals surface area (Å²) in [6.07, 6.45) is 4.22. The van der Waals surface area contributed by atoms with Crippen LogP contribution in [-0.4, -0.2) is 120 Å². The van der Waals surface area contributed by atoms with Crippen molar-refractivity contribution in [2.75, 3.05) is 39.6 Å². The minimum absolute atomic E-state index is 0.0622. The second-order valence-electron chi connectivity index (χ2n) is 14.5. The Morgan fingerprint density at radius 1 is 0.738 bits per heavy atom. The predicted octanol–water partition coefficient (Wildman–Crippen LogP) is 2.75. The van der Waals surface area contributed by atoms with Crippen molar-refractivity contribution in [3.8, 4) is 0 Å². The first-order valence-corrected chi connectivity index (χ1v) is 16.3. The topological polar surface area (TPSA) is 143 Å². The fourth-order valence-electron chi connectivity index (χ4n) is 7.35. The zero-order valence-corrected chi connectivity index (χ0v) is 26.8. The summed E-state index contributed by atoms with van der Waals surface area (Å²) in [5.41, 5.74) is -1.54. The average Bonchev–Trinajstić information content (AvgIpc) is 3.76. The molecule has 0 saturated carbocycles. The Kier molecular flexibility index (Phi) is 11.4. The van der Waals surface area contributed by atoms with Crippen molar-refractivity contribution >= 4 is 0 Å². The summed E-state index contributed by atoms with van der Waals surface area (Å²) in [6, 6.07) is 0. The minimum atomic E-state index is -0.911. The molecule has 42 heavy (non-hydrogen) atoms. The molecule has 4 rings (SSSR count). The molecule has 246 valence electrons. The summed E-state index contributed by atoms with van der Waals surface area (Å²) in [6.45, 7) is 15.3. The van der Waals surface area contributed by atoms with Crippen molar-refractivity contribution in [1.29, 1.82) is 0 Å². The first-order valence-electron chi connectivity index (χ1n) is 16.3. The lowest BCUT2D eigenvalue weighted by molar-refractivity contribution is -0.0622. The van der Waals surface area contributed by atoms with Crippen LogP contribution in [0, 0.1) is 10.8 Å². The van der Waals surface area contributed by atoms with Crippen molar-refractivity contribution in [2.24, 2.45) is 10.8 Å². The molecular formula is C32H58O10. The molecule has 0 spiro atoms. The third kappa shape index (κ3) is 7.52. The molecule has 0 aromatic carbocycles. The number of epoxide rings is 2. The number of aliphatic hydroxyl groups excluding tert-OH is 4. The number of hydrogen-bond acceptors (Lipinski definition) is 10. The number of aliphatic hydroxyl groups is 4. The van der Waals surface area contributed by atoms with E-state index in [9.17, 15) is 20.4 Å². The van der Waals surface area contributed by atoms with Crippen LogP contribution in [0.3, 0.4) is 0 Å². The molecule has 0 amide bonds. The van der Waals surface area contributed by atoms with Gasteiger partial charge in [0.05, 0.1) is 44.7 Å². The molecule has 0 bridgehead atoms. The van der Waals surface area contributed by atoms with E-state index < -0.39 is 42.2 Å². The van der Waals surface area contributed by atoms with Gasteiger partial charge in [0.25, 0.3) is 0 Å². The summed E-state index contributed by atoms with van der Waals surface area (Å²) in [7, 11) is 0. The first kappa shape index (κ1) is 34.5. The number of rotatable bonds is 19. The Morgan fingerprint density at radius 2 is 1.31 bits per heavy atom. The molecule has 10 nitrogen and oxygen atoms in total. The molecule has 4 saturated heterocycles. The van der Waals surface area contributed by atoms with Crippen LogP contribution < -0.4 is 0 Å². The SMILES string of the molecule is CCC(C)(C1OCC(O)C1O)C1OC1(C)COCCCCCCCCCOCC(C)(C)C1OC1(C)C1OCC(O)C1O. The fourth-order valence-corrected chi connectivity index (χ4v) is 7.35. The second-order valence-corrected chi connectivity index (χ2v) is 14.5. The van der Waals surface area contributed by atoms with Crippen LogP contribution in [0.15, 0.2) is 0 Å². The molecule has 11 atom stereocenters. The molecule has 4 heterocycles. The van der Waals surface area contributed by atoms with Crippen LogP contribution in [-0.2, 0) is 28.4 Å². The third-order valence-electron chi connectivity index (χ3n) is 10.2. The molecule has 0 radical (unpaired) electrons. The summed E-state index contributed by atoms with van der Waals surface area (Å²) in [5.74, 6) is 0. The van der Waals surface area contributed by atoms with E-state index in [4.69, 9.17) is 28.4 Å². The van der Waals surface area contributed by atoms with Crippen molar-refractivity contribution < 1.29 is 48.8 Å². The van der Waals surface area contributed by atoms with E-state index in [1.807, 2.05) is 6.92 Å². The van der Waals surface area contributed by atoms with Gasteiger partial charge in [0.1, 0.15) is 41.7 Å². The van der Waals surface area contributed by atoms with Crippen LogP contribution in [0.5, 0.6) is 0 Å². The van der Waals surface area contributed by atoms with E-state index in [2.05, 4.69) is 34.6 Å². The number of unbranched alkanes of at least 4 members (excludes halogenated alkanes) is 6. The number of ether oxygens (including phenoxy) is 6. The molecule has 0 aromatic heterocycles. The Hall–Kier alpha value is -0.400. The minimum Gasteiger partial charge on any atom is -0.388 e. The van der Waals surface area contributed by atoms with Crippen molar-refractivity contribution in [1.82, 2.24) is 0 Å². The fraction of sp³-hybridized carbons (Fsp3) is 1.00. The van der Waals surface area contributed by atoms with Crippen LogP contribution >= 0.6 is 0 Å². The molecule has 10 heteroatoms. The Bertz CT molecular complexity index is 857. The zero-order valence-electron chi connectivity index (χ0n) is 26.8. The lowest BCUT2D eigenvalue weighted by Crippen LogP contribution is -2.47. The van der Waals surface area contributed by atoms with Gasteiger partial charge >= 0.3 is 0 Å². The van der Waals surface area contributed by atoms with Gasteiger partial charge in [0.15, 0.2) is 0 Å². The lowest BCUT2D eigenvalue weighted by atomic mass is 9.73. The largest absolute Gasteiger partial charge is 0.388 e. The summed E-state index contributed by atoms with van der Waals surface area (Å²) >= 11 is 0. The van der Waals surface area contributed by atoms with E-state index in [0.717, 1.165) is 45.3 Å². The highest BCUT2D eigenvalue weighted by molar-refractivity contribution is 5.15. The monoisotopic (exact) mass is 602 g/mol. The van der Waals surface area contributed by atoms with E-state index in [0.29, 0.717) is 13.2 Å². The van der Waals surface area contributed by atoms with Crippen molar-refractivity contribution in [3.63, 3.8) is 0 Å². The van der Waals surface area contributed by atoms with Gasteiger partial charge in [0, 0.05) is 24.0 Å². The van der Waals surface area contributed by atoms with E-state index in [-0.39, 0.29) is 41.9 Å². The maximum atomic E-state index is 10.4. The van der Waals surface area contributed by atoms with Crippen molar-refractivity contribution in [2.45, 2.75) is 153 Å². The molecule has 0 aromatic rings. The molecule has 4 aliphatic heterocycles. The van der Waals surface area contributed by atoms with E-state index >= 15 is 0 Å². The Morgan fingerprint density at radius 3 is 1.86 bits per heavy atom. The van der Waals surface area contributed by atoms with Crippen LogP contribution in [0.4, 0.5) is 0 Å². The van der Waals surface area contributed by atoms with Gasteiger partial charge < -0.3 is 48.8 Å². The average molecular weight is 603 g/mol. The standard InChI is InChI=1S/C32H58O10/c1-7-30(4,25-23(35)21(33)17-39-25)28-31(5,41-28)20-38-16-14-12-10-8-9-11-13-15-37-19-29(2,3)27-32(6,42-27)26-24(36)22(34)18-40-26/h21-28,33-36H,7-20H2,1-6H3. The molecule has 4 fully saturated rings. The van der Waals surface area contributed by atoms with Gasteiger partial charge in [-0.05, 0) is 33.1 Å². The highest BCUT2D eigenvalue weighted by atomic mass is 16.7. The molecule has 4 aliphatic rings. The molecule has 4 N–H and O–H groups in total. The highest BCUT2D eigenvalue weighted by Crippen LogP contribution is 2.54. The quantitative estimate of drug-likeness (QED) is 0.129. The van der Waals surface area contributed by atoms with Gasteiger partial charge in [0.2, 0.25) is 0 Å². The van der Waals surface area contributed by atoms with Gasteiger partial charge in [-0.3, -0.25) is 0 Å². The summed E-state index contributed by atoms with van der Waals surface area (Å²) in [5, 5.41) is 40.3. The van der Waals surface area contributed by atoms with Crippen LogP contribution in [0.2, 0.25) is 0 Å². The third-order valence-corrected chi connectivity index (χ3v) is 10.2. The van der Waals surface area contributed by atoms with Gasteiger partial charge in [-0.15, -0.1) is 0 Å². The molecule has 0 aliphatic carbocycles. The Labute approximate surface area is 252 Å². The van der Waals surface area contributed by atoms with Crippen LogP contribution in [0.25, 0.3) is 0 Å². The number of hydrogen-bond donors (Lipinski definition) is 4. The lowest BCUT2D eigenvalue weighted by Gasteiger charge is -2.35. The van der Waals surface area contributed by atoms with Gasteiger partial charge in [-0.25, -0.2) is 0 Å². The first-order chi connectivity index (χ1) is 19.8. The highest BCUT2D eigenvalue weighted by Gasteiger charge is 2.67. The maximum absolute atomic E-state index is 10.4. The summed E-state index contributed by atoms with van der Waals surface area (Å²) < 4.78 is 35.4. The predicted molar refractivity (Wildman–Crippen MR) is 156 cm³/mol. The van der Waals surface area contributed by atoms with Gasteiger partial charge in [-0.2, -0.15) is 0 Å². The van der Waals surface area contributed by atoms with Gasteiger partial charge in [-0.1, -0.05) is 59.8 Å². The maximum Gasteiger partial charge on any atom is 0.121 e. The van der Waals surface area contributed by atoms with Crippen LogP contribution in [0.1, 0.15) is 92.9 Å². The second kappa shape index (κ2) is 13.9. The smallest absolute Gasteiger partial charge is 0.121 e. The normalized spacial score (nSPS) is 41.3. The Balaban J connectivity index is 0.978. The van der Waals surface area contributed by atoms with E-state index in [1.165, 1.54) is 19.3 Å². The zero-order chi connectivity index (χ0) is 30.8. The summed E-state index contributed by atoms with van der Waals surface area (Å²) in [4.78, 5) is 0. The van der Waals surface area contributed by atoms with E-state index in [1.54, 1.807) is 0 Å². The van der Waals surface area contributed by atoms with Crippen molar-refractivity contribution in [3.05, 3.63) is 0 Å². The molecular weight excluding hydrogens is 544 g/mol. The molecule has 11 unspecified atom stereocenters.